The summed E-state index contributed by atoms with van der Waals surface area (Å²) in [6.45, 7) is 17.2. The van der Waals surface area contributed by atoms with Gasteiger partial charge < -0.3 is 4.74 Å². The minimum Gasteiger partial charge on any atom is -0.370 e. The first kappa shape index (κ1) is 17.5. The van der Waals surface area contributed by atoms with Crippen molar-refractivity contribution >= 4 is 16.1 Å². The first-order valence-electron chi connectivity index (χ1n) is 9.11. The van der Waals surface area contributed by atoms with Crippen LogP contribution in [0.3, 0.4) is 0 Å². The molecule has 3 atom stereocenters. The van der Waals surface area contributed by atoms with Crippen LogP contribution in [0.1, 0.15) is 45.4 Å². The Bertz CT molecular complexity index is 375. The molecular weight excluding hydrogens is 288 g/mol. The third kappa shape index (κ3) is 4.55. The SMILES string of the molecule is C=C([Si](C)(C)CCCC)[Si](C)(C)CCC1CCC2OC2C1. The largest absolute Gasteiger partial charge is 0.370 e. The van der Waals surface area contributed by atoms with E-state index in [1.54, 1.807) is 4.82 Å². The summed E-state index contributed by atoms with van der Waals surface area (Å²) in [5, 5.41) is 0. The Morgan fingerprint density at radius 2 is 1.71 bits per heavy atom. The van der Waals surface area contributed by atoms with E-state index in [9.17, 15) is 0 Å². The highest BCUT2D eigenvalue weighted by Crippen LogP contribution is 2.42. The van der Waals surface area contributed by atoms with Gasteiger partial charge in [0, 0.05) is 0 Å². The summed E-state index contributed by atoms with van der Waals surface area (Å²) in [6, 6.07) is 2.90. The molecule has 2 rings (SSSR count). The standard InChI is InChI=1S/C18H36OSi2/c1-7-8-12-20(3,4)15(2)21(5,6)13-11-16-9-10-17-18(14-16)19-17/h16-18H,2,7-14H2,1,3-6H3. The summed E-state index contributed by atoms with van der Waals surface area (Å²) in [4.78, 5) is 1.74. The van der Waals surface area contributed by atoms with Crippen molar-refractivity contribution < 1.29 is 4.74 Å². The Morgan fingerprint density at radius 1 is 1.05 bits per heavy atom. The second kappa shape index (κ2) is 6.71. The number of fused-ring (bicyclic) bond motifs is 1. The van der Waals surface area contributed by atoms with Gasteiger partial charge in [-0.25, -0.2) is 0 Å². The van der Waals surface area contributed by atoms with E-state index in [1.165, 1.54) is 50.6 Å². The van der Waals surface area contributed by atoms with Crippen molar-refractivity contribution in [3.05, 3.63) is 11.4 Å². The van der Waals surface area contributed by atoms with E-state index < -0.39 is 16.1 Å². The highest BCUT2D eigenvalue weighted by atomic mass is 28.4. The van der Waals surface area contributed by atoms with Crippen LogP contribution in [-0.4, -0.2) is 28.4 Å². The molecule has 1 saturated heterocycles. The molecule has 122 valence electrons. The van der Waals surface area contributed by atoms with Crippen LogP contribution in [0.25, 0.3) is 0 Å². The van der Waals surface area contributed by atoms with E-state index in [4.69, 9.17) is 4.74 Å². The van der Waals surface area contributed by atoms with Gasteiger partial charge in [0.05, 0.1) is 28.4 Å². The molecule has 0 spiro atoms. The summed E-state index contributed by atoms with van der Waals surface area (Å²) in [5.41, 5.74) is 0. The Morgan fingerprint density at radius 3 is 2.33 bits per heavy atom. The number of ether oxygens (including phenoxy) is 1. The first-order chi connectivity index (χ1) is 9.76. The number of hydrogen-bond acceptors (Lipinski definition) is 1. The highest BCUT2D eigenvalue weighted by Gasteiger charge is 2.44. The molecule has 3 heteroatoms. The van der Waals surface area contributed by atoms with Crippen molar-refractivity contribution in [3.63, 3.8) is 0 Å². The van der Waals surface area contributed by atoms with E-state index in [-0.39, 0.29) is 0 Å². The zero-order chi connectivity index (χ0) is 15.7. The van der Waals surface area contributed by atoms with Crippen LogP contribution in [0.2, 0.25) is 38.3 Å². The summed E-state index contributed by atoms with van der Waals surface area (Å²) in [7, 11) is -2.47. The van der Waals surface area contributed by atoms with E-state index in [1.807, 2.05) is 0 Å². The third-order valence-corrected chi connectivity index (χ3v) is 16.6. The summed E-state index contributed by atoms with van der Waals surface area (Å²) in [5.74, 6) is 0.939. The topological polar surface area (TPSA) is 12.5 Å². The average molecular weight is 325 g/mol. The van der Waals surface area contributed by atoms with Crippen molar-refractivity contribution in [1.82, 2.24) is 0 Å². The van der Waals surface area contributed by atoms with Crippen LogP contribution in [0, 0.1) is 5.92 Å². The van der Waals surface area contributed by atoms with Crippen LogP contribution in [-0.2, 0) is 4.74 Å². The monoisotopic (exact) mass is 324 g/mol. The van der Waals surface area contributed by atoms with Gasteiger partial charge in [-0.3, -0.25) is 0 Å². The summed E-state index contributed by atoms with van der Waals surface area (Å²) in [6.07, 6.45) is 9.54. The van der Waals surface area contributed by atoms with Crippen molar-refractivity contribution in [1.29, 1.82) is 0 Å². The minimum atomic E-state index is -1.26. The number of epoxide rings is 1. The van der Waals surface area contributed by atoms with Crippen LogP contribution >= 0.6 is 0 Å². The second-order valence-corrected chi connectivity index (χ2v) is 19.0. The molecule has 0 amide bonds. The van der Waals surface area contributed by atoms with Gasteiger partial charge in [0.2, 0.25) is 0 Å². The lowest BCUT2D eigenvalue weighted by Gasteiger charge is -2.37. The molecule has 0 bridgehead atoms. The fourth-order valence-electron chi connectivity index (χ4n) is 4.15. The zero-order valence-corrected chi connectivity index (χ0v) is 17.0. The maximum atomic E-state index is 5.69. The normalized spacial score (nSPS) is 29.1. The van der Waals surface area contributed by atoms with E-state index in [2.05, 4.69) is 39.7 Å². The maximum Gasteiger partial charge on any atom is 0.0844 e. The molecule has 2 fully saturated rings. The number of hydrogen-bond donors (Lipinski definition) is 0. The molecule has 21 heavy (non-hydrogen) atoms. The maximum absolute atomic E-state index is 5.69. The fraction of sp³-hybridized carbons (Fsp3) is 0.889. The molecule has 1 aliphatic heterocycles. The van der Waals surface area contributed by atoms with Gasteiger partial charge >= 0.3 is 0 Å². The van der Waals surface area contributed by atoms with Gasteiger partial charge in [0.1, 0.15) is 0 Å². The Kier molecular flexibility index (Phi) is 5.59. The molecule has 1 saturated carbocycles. The average Bonchev–Trinajstić information content (AvgIpc) is 3.20. The third-order valence-electron chi connectivity index (χ3n) is 6.08. The zero-order valence-electron chi connectivity index (χ0n) is 15.0. The van der Waals surface area contributed by atoms with Crippen LogP contribution in [0.4, 0.5) is 0 Å². The molecule has 2 aliphatic rings. The van der Waals surface area contributed by atoms with Gasteiger partial charge in [0.15, 0.2) is 0 Å². The van der Waals surface area contributed by atoms with E-state index in [0.29, 0.717) is 12.2 Å². The molecule has 0 aromatic heterocycles. The number of unbranched alkanes of at least 4 members (excludes halogenated alkanes) is 1. The lowest BCUT2D eigenvalue weighted by Crippen LogP contribution is -2.43. The number of rotatable bonds is 8. The Labute approximate surface area is 134 Å². The summed E-state index contributed by atoms with van der Waals surface area (Å²) < 4.78 is 5.69. The molecule has 1 nitrogen and oxygen atoms in total. The van der Waals surface area contributed by atoms with Gasteiger partial charge in [0.25, 0.3) is 0 Å². The van der Waals surface area contributed by atoms with E-state index in [0.717, 1.165) is 5.92 Å². The van der Waals surface area contributed by atoms with Crippen LogP contribution in [0.5, 0.6) is 0 Å². The second-order valence-electron chi connectivity index (χ2n) is 8.78. The Hall–Kier alpha value is 0.134. The van der Waals surface area contributed by atoms with Crippen LogP contribution < -0.4 is 0 Å². The lowest BCUT2D eigenvalue weighted by molar-refractivity contribution is 0.357. The van der Waals surface area contributed by atoms with Crippen molar-refractivity contribution in [2.45, 2.75) is 95.9 Å². The van der Waals surface area contributed by atoms with Crippen molar-refractivity contribution in [2.75, 3.05) is 0 Å². The van der Waals surface area contributed by atoms with Gasteiger partial charge in [-0.15, -0.1) is 6.58 Å². The predicted octanol–water partition coefficient (Wildman–Crippen LogP) is 5.80. The summed E-state index contributed by atoms with van der Waals surface area (Å²) >= 11 is 0. The quantitative estimate of drug-likeness (QED) is 0.406. The molecule has 0 N–H and O–H groups in total. The van der Waals surface area contributed by atoms with Gasteiger partial charge in [-0.1, -0.05) is 69.3 Å². The molecule has 0 aromatic rings. The fourth-order valence-corrected chi connectivity index (χ4v) is 15.2. The molecular formula is C18H36OSi2. The van der Waals surface area contributed by atoms with Crippen LogP contribution in [0.15, 0.2) is 11.4 Å². The van der Waals surface area contributed by atoms with Crippen molar-refractivity contribution in [2.24, 2.45) is 5.92 Å². The molecule has 0 radical (unpaired) electrons. The molecule has 0 aromatic carbocycles. The van der Waals surface area contributed by atoms with Crippen molar-refractivity contribution in [3.8, 4) is 0 Å². The van der Waals surface area contributed by atoms with Gasteiger partial charge in [-0.05, 0) is 25.2 Å². The first-order valence-corrected chi connectivity index (χ1v) is 15.5. The molecule has 1 aliphatic carbocycles. The highest BCUT2D eigenvalue weighted by molar-refractivity contribution is 7.05. The smallest absolute Gasteiger partial charge is 0.0844 e. The molecule has 1 heterocycles. The lowest BCUT2D eigenvalue weighted by atomic mass is 9.87. The van der Waals surface area contributed by atoms with E-state index >= 15 is 0 Å². The molecule has 3 unspecified atom stereocenters. The van der Waals surface area contributed by atoms with Gasteiger partial charge in [-0.2, -0.15) is 0 Å². The Balaban J connectivity index is 1.83. The minimum absolute atomic E-state index is 0.645. The predicted molar refractivity (Wildman–Crippen MR) is 99.2 cm³/mol.